The van der Waals surface area contributed by atoms with Crippen LogP contribution in [0.4, 0.5) is 18.9 Å². The van der Waals surface area contributed by atoms with Gasteiger partial charge in [0, 0.05) is 0 Å². The van der Waals surface area contributed by atoms with Gasteiger partial charge in [-0.3, -0.25) is 0 Å². The second-order valence-electron chi connectivity index (χ2n) is 4.18. The molecule has 3 rings (SSSR count). The number of hydrogen-bond donors (Lipinski definition) is 0. The molecule has 1 heterocycles. The minimum Gasteiger partial charge on any atom is -0.454 e. The minimum absolute atomic E-state index is 0.0302. The summed E-state index contributed by atoms with van der Waals surface area (Å²) < 4.78 is 46.2. The molecule has 0 spiro atoms. The van der Waals surface area contributed by atoms with Crippen LogP contribution in [-0.2, 0) is 0 Å². The highest BCUT2D eigenvalue weighted by molar-refractivity contribution is 6.70. The van der Waals surface area contributed by atoms with Crippen molar-refractivity contribution in [1.29, 1.82) is 0 Å². The van der Waals surface area contributed by atoms with Crippen LogP contribution in [-0.4, -0.2) is 11.5 Å². The van der Waals surface area contributed by atoms with Crippen LogP contribution >= 0.6 is 11.6 Å². The molecule has 2 aromatic rings. The molecule has 2 aromatic carbocycles. The van der Waals surface area contributed by atoms with Gasteiger partial charge in [-0.05, 0) is 30.3 Å². The monoisotopic (exact) mass is 313 g/mol. The molecule has 0 fully saturated rings. The van der Waals surface area contributed by atoms with E-state index in [0.717, 1.165) is 12.1 Å². The Kier molecular flexibility index (Phi) is 3.25. The number of hydrogen-bond acceptors (Lipinski definition) is 3. The molecule has 0 unspecified atom stereocenters. The molecule has 0 atom stereocenters. The van der Waals surface area contributed by atoms with Crippen molar-refractivity contribution in [2.45, 2.75) is 6.36 Å². The first-order valence-corrected chi connectivity index (χ1v) is 6.21. The molecular weight excluding hydrogens is 307 g/mol. The third kappa shape index (κ3) is 2.95. The quantitative estimate of drug-likeness (QED) is 0.741. The molecule has 0 amide bonds. The molecule has 0 N–H and O–H groups in total. The van der Waals surface area contributed by atoms with E-state index < -0.39 is 6.36 Å². The van der Waals surface area contributed by atoms with E-state index in [2.05, 4.69) is 9.73 Å². The molecule has 0 bridgehead atoms. The Morgan fingerprint density at radius 1 is 1.05 bits per heavy atom. The maximum absolute atomic E-state index is 12.2. The van der Waals surface area contributed by atoms with E-state index in [4.69, 9.17) is 16.3 Å². The Hall–Kier alpha value is -2.21. The first-order valence-electron chi connectivity index (χ1n) is 5.84. The van der Waals surface area contributed by atoms with E-state index in [0.29, 0.717) is 17.2 Å². The fourth-order valence-electron chi connectivity index (χ4n) is 1.88. The van der Waals surface area contributed by atoms with Crippen LogP contribution in [0.25, 0.3) is 0 Å². The molecule has 7 heteroatoms. The molecule has 108 valence electrons. The van der Waals surface area contributed by atoms with Gasteiger partial charge in [-0.1, -0.05) is 23.7 Å². The van der Waals surface area contributed by atoms with E-state index in [1.807, 2.05) is 0 Å². The number of ether oxygens (including phenoxy) is 2. The number of para-hydroxylation sites is 2. The molecule has 3 nitrogen and oxygen atoms in total. The lowest BCUT2D eigenvalue weighted by Crippen LogP contribution is -2.17. The van der Waals surface area contributed by atoms with Gasteiger partial charge in [-0.15, -0.1) is 13.2 Å². The van der Waals surface area contributed by atoms with Crippen molar-refractivity contribution in [1.82, 2.24) is 0 Å². The van der Waals surface area contributed by atoms with Crippen LogP contribution in [0.15, 0.2) is 47.5 Å². The summed E-state index contributed by atoms with van der Waals surface area (Å²) in [5.74, 6) is 0.395. The lowest BCUT2D eigenvalue weighted by molar-refractivity contribution is -0.274. The molecule has 1 aliphatic rings. The maximum Gasteiger partial charge on any atom is 0.573 e. The topological polar surface area (TPSA) is 30.8 Å². The summed E-state index contributed by atoms with van der Waals surface area (Å²) in [6, 6.07) is 10.6. The summed E-state index contributed by atoms with van der Waals surface area (Å²) in [5, 5.41) is 0.0302. The fraction of sp³-hybridized carbons (Fsp3) is 0.0714. The van der Waals surface area contributed by atoms with Crippen LogP contribution in [0.1, 0.15) is 5.56 Å². The summed E-state index contributed by atoms with van der Waals surface area (Å²) >= 11 is 6.06. The Bertz CT molecular complexity index is 728. The van der Waals surface area contributed by atoms with E-state index in [1.165, 1.54) is 6.07 Å². The van der Waals surface area contributed by atoms with E-state index in [-0.39, 0.29) is 16.5 Å². The van der Waals surface area contributed by atoms with E-state index in [9.17, 15) is 13.2 Å². The van der Waals surface area contributed by atoms with Crippen LogP contribution in [0.2, 0.25) is 0 Å². The lowest BCUT2D eigenvalue weighted by Gasteiger charge is -2.12. The first-order chi connectivity index (χ1) is 9.92. The number of rotatable bonds is 1. The highest BCUT2D eigenvalue weighted by Crippen LogP contribution is 2.39. The maximum atomic E-state index is 12.2. The Labute approximate surface area is 122 Å². The first kappa shape index (κ1) is 13.8. The Morgan fingerprint density at radius 3 is 2.57 bits per heavy atom. The zero-order chi connectivity index (χ0) is 15.0. The molecule has 0 saturated heterocycles. The lowest BCUT2D eigenvalue weighted by atomic mass is 10.2. The van der Waals surface area contributed by atoms with E-state index >= 15 is 0 Å². The van der Waals surface area contributed by atoms with Gasteiger partial charge < -0.3 is 9.47 Å². The van der Waals surface area contributed by atoms with Crippen molar-refractivity contribution < 1.29 is 22.6 Å². The third-order valence-corrected chi connectivity index (χ3v) is 3.00. The van der Waals surface area contributed by atoms with Crippen LogP contribution in [0.3, 0.4) is 0 Å². The minimum atomic E-state index is -4.77. The average Bonchev–Trinajstić information content (AvgIpc) is 2.53. The summed E-state index contributed by atoms with van der Waals surface area (Å²) in [6.07, 6.45) is -4.77. The van der Waals surface area contributed by atoms with Crippen LogP contribution < -0.4 is 9.47 Å². The number of halogens is 4. The second kappa shape index (κ2) is 4.96. The number of aliphatic imine (C=N–C) groups is 1. The Morgan fingerprint density at radius 2 is 1.81 bits per heavy atom. The molecule has 0 radical (unpaired) electrons. The SMILES string of the molecule is FC(F)(F)Oc1ccc2c(c1)C(Cl)=Nc1ccccc1O2. The number of nitrogens with zero attached hydrogens (tertiary/aromatic N) is 1. The number of alkyl halides is 3. The largest absolute Gasteiger partial charge is 0.573 e. The van der Waals surface area contributed by atoms with Gasteiger partial charge in [0.05, 0.1) is 5.56 Å². The van der Waals surface area contributed by atoms with Crippen molar-refractivity contribution in [2.24, 2.45) is 4.99 Å². The number of benzene rings is 2. The molecule has 0 aliphatic carbocycles. The Balaban J connectivity index is 2.05. The molecule has 0 aromatic heterocycles. The van der Waals surface area contributed by atoms with Crippen molar-refractivity contribution in [3.05, 3.63) is 48.0 Å². The summed E-state index contributed by atoms with van der Waals surface area (Å²) in [6.45, 7) is 0. The highest BCUT2D eigenvalue weighted by Gasteiger charge is 2.31. The average molecular weight is 314 g/mol. The normalized spacial score (nSPS) is 13.4. The highest BCUT2D eigenvalue weighted by atomic mass is 35.5. The summed E-state index contributed by atoms with van der Waals surface area (Å²) in [5.41, 5.74) is 0.728. The van der Waals surface area contributed by atoms with Crippen molar-refractivity contribution in [3.63, 3.8) is 0 Å². The smallest absolute Gasteiger partial charge is 0.454 e. The van der Waals surface area contributed by atoms with Gasteiger partial charge in [0.1, 0.15) is 22.4 Å². The zero-order valence-electron chi connectivity index (χ0n) is 10.3. The summed E-state index contributed by atoms with van der Waals surface area (Å²) in [4.78, 5) is 4.14. The van der Waals surface area contributed by atoms with Crippen molar-refractivity contribution in [2.75, 3.05) is 0 Å². The number of fused-ring (bicyclic) bond motifs is 2. The van der Waals surface area contributed by atoms with Gasteiger partial charge in [0.15, 0.2) is 5.75 Å². The van der Waals surface area contributed by atoms with E-state index in [1.54, 1.807) is 24.3 Å². The molecule has 21 heavy (non-hydrogen) atoms. The van der Waals surface area contributed by atoms with Crippen molar-refractivity contribution >= 4 is 22.5 Å². The van der Waals surface area contributed by atoms with Gasteiger partial charge in [0.25, 0.3) is 0 Å². The van der Waals surface area contributed by atoms with Crippen molar-refractivity contribution in [3.8, 4) is 17.2 Å². The van der Waals surface area contributed by atoms with Gasteiger partial charge in [-0.2, -0.15) is 0 Å². The molecule has 0 saturated carbocycles. The van der Waals surface area contributed by atoms with Crippen LogP contribution in [0.5, 0.6) is 17.2 Å². The van der Waals surface area contributed by atoms with Crippen LogP contribution in [0, 0.1) is 0 Å². The van der Waals surface area contributed by atoms with Gasteiger partial charge >= 0.3 is 6.36 Å². The molecular formula is C14H7ClF3NO2. The standard InChI is InChI=1S/C14H7ClF3NO2/c15-13-9-7-8(21-14(16,17)18)5-6-11(9)20-12-4-2-1-3-10(12)19-13/h1-7H. The predicted molar refractivity (Wildman–Crippen MR) is 71.7 cm³/mol. The fourth-order valence-corrected chi connectivity index (χ4v) is 2.12. The third-order valence-electron chi connectivity index (χ3n) is 2.71. The van der Waals surface area contributed by atoms with Gasteiger partial charge in [-0.25, -0.2) is 4.99 Å². The zero-order valence-corrected chi connectivity index (χ0v) is 11.1. The summed E-state index contributed by atoms with van der Waals surface area (Å²) in [7, 11) is 0. The van der Waals surface area contributed by atoms with Gasteiger partial charge in [0.2, 0.25) is 0 Å². The molecule has 1 aliphatic heterocycles. The predicted octanol–water partition coefficient (Wildman–Crippen LogP) is 5.01. The second-order valence-corrected chi connectivity index (χ2v) is 4.54.